The minimum Gasteiger partial charge on any atom is -0.472 e. The lowest BCUT2D eigenvalue weighted by molar-refractivity contribution is -0.130. The molecule has 0 aromatic carbocycles. The highest BCUT2D eigenvalue weighted by atomic mass is 16.6. The van der Waals surface area contributed by atoms with Gasteiger partial charge in [0.2, 0.25) is 11.8 Å². The smallest absolute Gasteiger partial charge is 0.410 e. The van der Waals surface area contributed by atoms with Crippen LogP contribution in [0.1, 0.15) is 12.1 Å². The molecule has 3 heterocycles. The Morgan fingerprint density at radius 3 is 3.05 bits per heavy atom. The van der Waals surface area contributed by atoms with E-state index in [0.29, 0.717) is 32.1 Å². The molecule has 22 heavy (non-hydrogen) atoms. The summed E-state index contributed by atoms with van der Waals surface area (Å²) < 4.78 is 10.6. The summed E-state index contributed by atoms with van der Waals surface area (Å²) in [7, 11) is 0. The van der Waals surface area contributed by atoms with Crippen molar-refractivity contribution in [3.8, 4) is 5.88 Å². The van der Waals surface area contributed by atoms with Crippen LogP contribution in [0.5, 0.6) is 5.88 Å². The predicted octanol–water partition coefficient (Wildman–Crippen LogP) is 0.822. The Balaban J connectivity index is 1.51. The Morgan fingerprint density at radius 2 is 2.32 bits per heavy atom. The van der Waals surface area contributed by atoms with Crippen LogP contribution in [-0.2, 0) is 9.53 Å². The molecule has 1 aromatic heterocycles. The molecule has 0 aliphatic carbocycles. The van der Waals surface area contributed by atoms with Gasteiger partial charge in [-0.2, -0.15) is 0 Å². The SMILES string of the molecule is Cc1cccc(OC2CCN(C(=O)CN3CCOC3=O)C2)n1. The minimum absolute atomic E-state index is 0.0521. The number of carbonyl (C=O) groups excluding carboxylic acids is 2. The molecule has 1 unspecified atom stereocenters. The highest BCUT2D eigenvalue weighted by Gasteiger charge is 2.31. The predicted molar refractivity (Wildman–Crippen MR) is 77.5 cm³/mol. The molecule has 7 nitrogen and oxygen atoms in total. The summed E-state index contributed by atoms with van der Waals surface area (Å²) >= 11 is 0. The van der Waals surface area contributed by atoms with Gasteiger partial charge in [0.05, 0.1) is 13.1 Å². The van der Waals surface area contributed by atoms with Crippen LogP contribution in [-0.4, -0.2) is 65.7 Å². The molecule has 0 saturated carbocycles. The van der Waals surface area contributed by atoms with Gasteiger partial charge in [-0.25, -0.2) is 9.78 Å². The largest absolute Gasteiger partial charge is 0.472 e. The van der Waals surface area contributed by atoms with Gasteiger partial charge in [-0.1, -0.05) is 6.07 Å². The second-order valence-corrected chi connectivity index (χ2v) is 5.52. The number of hydrogen-bond acceptors (Lipinski definition) is 5. The van der Waals surface area contributed by atoms with E-state index in [9.17, 15) is 9.59 Å². The number of ether oxygens (including phenoxy) is 2. The maximum atomic E-state index is 12.2. The zero-order valence-electron chi connectivity index (χ0n) is 12.5. The van der Waals surface area contributed by atoms with Gasteiger partial charge in [0, 0.05) is 24.7 Å². The molecule has 2 aliphatic heterocycles. The summed E-state index contributed by atoms with van der Waals surface area (Å²) in [6.07, 6.45) is 0.305. The monoisotopic (exact) mass is 305 g/mol. The van der Waals surface area contributed by atoms with Crippen molar-refractivity contribution in [3.05, 3.63) is 23.9 Å². The molecule has 0 bridgehead atoms. The summed E-state index contributed by atoms with van der Waals surface area (Å²) in [5, 5.41) is 0. The standard InChI is InChI=1S/C15H19N3O4/c1-11-3-2-4-13(16-11)22-12-5-6-17(9-12)14(19)10-18-7-8-21-15(18)20/h2-4,12H,5-10H2,1H3. The summed E-state index contributed by atoms with van der Waals surface area (Å²) in [5.74, 6) is 0.518. The summed E-state index contributed by atoms with van der Waals surface area (Å²) in [4.78, 5) is 31.0. The molecule has 3 rings (SSSR count). The fourth-order valence-electron chi connectivity index (χ4n) is 2.64. The van der Waals surface area contributed by atoms with Gasteiger partial charge in [0.15, 0.2) is 0 Å². The van der Waals surface area contributed by atoms with Crippen LogP contribution in [0.15, 0.2) is 18.2 Å². The number of amides is 2. The molecule has 2 amide bonds. The van der Waals surface area contributed by atoms with Crippen LogP contribution in [0.3, 0.4) is 0 Å². The highest BCUT2D eigenvalue weighted by molar-refractivity contribution is 5.83. The number of aromatic nitrogens is 1. The first kappa shape index (κ1) is 14.6. The first-order valence-corrected chi connectivity index (χ1v) is 7.41. The van der Waals surface area contributed by atoms with Crippen molar-refractivity contribution in [2.75, 3.05) is 32.8 Å². The van der Waals surface area contributed by atoms with Gasteiger partial charge < -0.3 is 14.4 Å². The summed E-state index contributed by atoms with van der Waals surface area (Å²) in [6.45, 7) is 3.98. The van der Waals surface area contributed by atoms with Gasteiger partial charge >= 0.3 is 6.09 Å². The third-order valence-corrected chi connectivity index (χ3v) is 3.82. The third-order valence-electron chi connectivity index (χ3n) is 3.82. The van der Waals surface area contributed by atoms with E-state index < -0.39 is 6.09 Å². The Labute approximate surface area is 128 Å². The van der Waals surface area contributed by atoms with Crippen LogP contribution in [0, 0.1) is 6.92 Å². The van der Waals surface area contributed by atoms with Crippen molar-refractivity contribution < 1.29 is 19.1 Å². The van der Waals surface area contributed by atoms with E-state index in [1.165, 1.54) is 4.90 Å². The number of cyclic esters (lactones) is 1. The number of hydrogen-bond donors (Lipinski definition) is 0. The molecule has 118 valence electrons. The molecule has 2 aliphatic rings. The first-order valence-electron chi connectivity index (χ1n) is 7.41. The van der Waals surface area contributed by atoms with E-state index in [4.69, 9.17) is 9.47 Å². The van der Waals surface area contributed by atoms with E-state index in [-0.39, 0.29) is 18.6 Å². The minimum atomic E-state index is -0.413. The Kier molecular flexibility index (Phi) is 4.13. The van der Waals surface area contributed by atoms with Crippen LogP contribution in [0.25, 0.3) is 0 Å². The first-order chi connectivity index (χ1) is 10.6. The lowest BCUT2D eigenvalue weighted by Crippen LogP contribution is -2.40. The van der Waals surface area contributed by atoms with Gasteiger partial charge in [0.25, 0.3) is 0 Å². The lowest BCUT2D eigenvalue weighted by Gasteiger charge is -2.20. The molecule has 0 N–H and O–H groups in total. The molecule has 2 fully saturated rings. The zero-order chi connectivity index (χ0) is 15.5. The van der Waals surface area contributed by atoms with Crippen LogP contribution >= 0.6 is 0 Å². The van der Waals surface area contributed by atoms with Crippen LogP contribution in [0.2, 0.25) is 0 Å². The molecular weight excluding hydrogens is 286 g/mol. The molecule has 1 aromatic rings. The summed E-state index contributed by atoms with van der Waals surface area (Å²) in [5.41, 5.74) is 0.899. The summed E-state index contributed by atoms with van der Waals surface area (Å²) in [6, 6.07) is 5.62. The van der Waals surface area contributed by atoms with Gasteiger partial charge in [-0.05, 0) is 13.0 Å². The van der Waals surface area contributed by atoms with E-state index >= 15 is 0 Å². The average molecular weight is 305 g/mol. The topological polar surface area (TPSA) is 72.0 Å². The van der Waals surface area contributed by atoms with Crippen molar-refractivity contribution in [3.63, 3.8) is 0 Å². The maximum absolute atomic E-state index is 12.2. The molecular formula is C15H19N3O4. The average Bonchev–Trinajstić information content (AvgIpc) is 3.09. The molecule has 1 atom stereocenters. The molecule has 2 saturated heterocycles. The number of aryl methyl sites for hydroxylation is 1. The van der Waals surface area contributed by atoms with E-state index in [2.05, 4.69) is 4.98 Å². The van der Waals surface area contributed by atoms with Crippen molar-refractivity contribution >= 4 is 12.0 Å². The molecule has 7 heteroatoms. The zero-order valence-corrected chi connectivity index (χ0v) is 12.5. The fourth-order valence-corrected chi connectivity index (χ4v) is 2.64. The Morgan fingerprint density at radius 1 is 1.45 bits per heavy atom. The second kappa shape index (κ2) is 6.21. The van der Waals surface area contributed by atoms with Gasteiger partial charge in [-0.15, -0.1) is 0 Å². The lowest BCUT2D eigenvalue weighted by atomic mass is 10.3. The number of carbonyl (C=O) groups is 2. The van der Waals surface area contributed by atoms with Crippen molar-refractivity contribution in [2.45, 2.75) is 19.4 Å². The number of rotatable bonds is 4. The number of likely N-dealkylation sites (tertiary alicyclic amines) is 1. The van der Waals surface area contributed by atoms with Crippen molar-refractivity contribution in [1.82, 2.24) is 14.8 Å². The Hall–Kier alpha value is -2.31. The normalized spacial score (nSPS) is 21.1. The van der Waals surface area contributed by atoms with E-state index in [1.807, 2.05) is 25.1 Å². The maximum Gasteiger partial charge on any atom is 0.410 e. The Bertz CT molecular complexity index is 578. The quantitative estimate of drug-likeness (QED) is 0.823. The highest BCUT2D eigenvalue weighted by Crippen LogP contribution is 2.17. The van der Waals surface area contributed by atoms with Crippen molar-refractivity contribution in [1.29, 1.82) is 0 Å². The molecule has 0 radical (unpaired) electrons. The second-order valence-electron chi connectivity index (χ2n) is 5.52. The van der Waals surface area contributed by atoms with Crippen LogP contribution in [0.4, 0.5) is 4.79 Å². The molecule has 0 spiro atoms. The van der Waals surface area contributed by atoms with Crippen molar-refractivity contribution in [2.24, 2.45) is 0 Å². The van der Waals surface area contributed by atoms with E-state index in [1.54, 1.807) is 4.90 Å². The fraction of sp³-hybridized carbons (Fsp3) is 0.533. The van der Waals surface area contributed by atoms with Gasteiger partial charge in [-0.3, -0.25) is 9.69 Å². The van der Waals surface area contributed by atoms with Gasteiger partial charge in [0.1, 0.15) is 19.3 Å². The number of pyridine rings is 1. The van der Waals surface area contributed by atoms with Crippen LogP contribution < -0.4 is 4.74 Å². The third kappa shape index (κ3) is 3.29. The number of nitrogens with zero attached hydrogens (tertiary/aromatic N) is 3. The van der Waals surface area contributed by atoms with E-state index in [0.717, 1.165) is 12.1 Å².